The topological polar surface area (TPSA) is 45.7 Å². The summed E-state index contributed by atoms with van der Waals surface area (Å²) in [5.41, 5.74) is 2.36. The number of hydrogen-bond donors (Lipinski definition) is 0. The zero-order valence-electron chi connectivity index (χ0n) is 20.2. The molecule has 2 aliphatic heterocycles. The van der Waals surface area contributed by atoms with Crippen LogP contribution in [-0.2, 0) is 22.5 Å². The van der Waals surface area contributed by atoms with Crippen LogP contribution in [0.2, 0.25) is 0 Å². The highest BCUT2D eigenvalue weighted by atomic mass is 16.5. The molecule has 5 nitrogen and oxygen atoms in total. The van der Waals surface area contributed by atoms with Crippen LogP contribution < -0.4 is 0 Å². The van der Waals surface area contributed by atoms with Crippen LogP contribution in [0.5, 0.6) is 0 Å². The largest absolute Gasteiger partial charge is 0.379 e. The maximum absolute atomic E-state index is 13.7. The summed E-state index contributed by atoms with van der Waals surface area (Å²) in [6.45, 7) is 7.88. The van der Waals surface area contributed by atoms with Crippen molar-refractivity contribution in [1.29, 1.82) is 0 Å². The van der Waals surface area contributed by atoms with Gasteiger partial charge in [-0.25, -0.2) is 0 Å². The third kappa shape index (κ3) is 5.31. The molecule has 1 unspecified atom stereocenters. The van der Waals surface area contributed by atoms with Crippen molar-refractivity contribution in [1.82, 2.24) is 14.8 Å². The van der Waals surface area contributed by atoms with Gasteiger partial charge >= 0.3 is 0 Å². The predicted molar refractivity (Wildman–Crippen MR) is 135 cm³/mol. The second kappa shape index (κ2) is 10.2. The molecule has 3 heterocycles. The van der Waals surface area contributed by atoms with E-state index in [-0.39, 0.29) is 5.41 Å². The zero-order valence-corrected chi connectivity index (χ0v) is 20.2. The summed E-state index contributed by atoms with van der Waals surface area (Å²) >= 11 is 0. The molecule has 178 valence electrons. The Labute approximate surface area is 202 Å². The van der Waals surface area contributed by atoms with Gasteiger partial charge in [-0.05, 0) is 54.9 Å². The highest BCUT2D eigenvalue weighted by Crippen LogP contribution is 2.34. The van der Waals surface area contributed by atoms with Crippen LogP contribution in [0.4, 0.5) is 0 Å². The molecule has 0 N–H and O–H groups in total. The number of hydrogen-bond acceptors (Lipinski definition) is 4. The standard InChI is InChI=1S/C29H35N3O2/c1-29(10-13-31(14-11-29)20-23-5-3-2-4-6-23)28(33)32-15-16-34-22-25(21-32)17-24-7-8-27-19-30-12-9-26(27)18-24/h2-9,12,18-19,25H,10-11,13-17,20-22H2,1H3. The van der Waals surface area contributed by atoms with Crippen LogP contribution >= 0.6 is 0 Å². The maximum atomic E-state index is 13.7. The number of ether oxygens (including phenoxy) is 1. The number of amides is 1. The summed E-state index contributed by atoms with van der Waals surface area (Å²) in [7, 11) is 0. The van der Waals surface area contributed by atoms with Gasteiger partial charge in [0, 0.05) is 48.7 Å². The van der Waals surface area contributed by atoms with E-state index in [1.165, 1.54) is 16.5 Å². The normalized spacial score (nSPS) is 21.3. The predicted octanol–water partition coefficient (Wildman–Crippen LogP) is 4.55. The van der Waals surface area contributed by atoms with E-state index in [9.17, 15) is 4.79 Å². The average molecular weight is 458 g/mol. The van der Waals surface area contributed by atoms with E-state index in [4.69, 9.17) is 4.74 Å². The Morgan fingerprint density at radius 2 is 1.85 bits per heavy atom. The molecule has 34 heavy (non-hydrogen) atoms. The van der Waals surface area contributed by atoms with Gasteiger partial charge in [-0.2, -0.15) is 0 Å². The smallest absolute Gasteiger partial charge is 0.228 e. The zero-order chi connectivity index (χ0) is 23.4. The lowest BCUT2D eigenvalue weighted by atomic mass is 9.78. The van der Waals surface area contributed by atoms with Crippen molar-refractivity contribution in [3.8, 4) is 0 Å². The van der Waals surface area contributed by atoms with Crippen molar-refractivity contribution in [2.24, 2.45) is 11.3 Å². The molecule has 5 heteroatoms. The number of fused-ring (bicyclic) bond motifs is 1. The number of pyridine rings is 1. The molecule has 1 amide bonds. The van der Waals surface area contributed by atoms with Crippen LogP contribution in [0.15, 0.2) is 67.0 Å². The molecule has 0 saturated carbocycles. The van der Waals surface area contributed by atoms with Crippen LogP contribution in [0, 0.1) is 11.3 Å². The molecule has 2 aromatic carbocycles. The first-order valence-corrected chi connectivity index (χ1v) is 12.6. The van der Waals surface area contributed by atoms with Gasteiger partial charge < -0.3 is 9.64 Å². The minimum atomic E-state index is -0.280. The van der Waals surface area contributed by atoms with Crippen molar-refractivity contribution in [3.05, 3.63) is 78.1 Å². The van der Waals surface area contributed by atoms with E-state index in [2.05, 4.69) is 76.3 Å². The number of aromatic nitrogens is 1. The fourth-order valence-corrected chi connectivity index (χ4v) is 5.42. The first-order valence-electron chi connectivity index (χ1n) is 12.6. The number of carbonyl (C=O) groups excluding carboxylic acids is 1. The monoisotopic (exact) mass is 457 g/mol. The summed E-state index contributed by atoms with van der Waals surface area (Å²) in [5.74, 6) is 0.624. The number of likely N-dealkylation sites (tertiary alicyclic amines) is 1. The average Bonchev–Trinajstić information content (AvgIpc) is 3.11. The number of nitrogens with zero attached hydrogens (tertiary/aromatic N) is 3. The van der Waals surface area contributed by atoms with Gasteiger partial charge in [-0.3, -0.25) is 14.7 Å². The molecule has 5 rings (SSSR count). The molecule has 2 aliphatic rings. The SMILES string of the molecule is CC1(C(=O)N2CCOCC(Cc3ccc4cnccc4c3)C2)CCN(Cc2ccccc2)CC1. The van der Waals surface area contributed by atoms with Gasteiger partial charge in [0.2, 0.25) is 5.91 Å². The van der Waals surface area contributed by atoms with E-state index < -0.39 is 0 Å². The van der Waals surface area contributed by atoms with Crippen LogP contribution in [0.1, 0.15) is 30.9 Å². The van der Waals surface area contributed by atoms with Gasteiger partial charge in [-0.1, -0.05) is 55.5 Å². The minimum Gasteiger partial charge on any atom is -0.379 e. The van der Waals surface area contributed by atoms with Gasteiger partial charge in [0.15, 0.2) is 0 Å². The van der Waals surface area contributed by atoms with Crippen LogP contribution in [0.25, 0.3) is 10.8 Å². The van der Waals surface area contributed by atoms with E-state index in [1.807, 2.05) is 12.4 Å². The Morgan fingerprint density at radius 1 is 1.03 bits per heavy atom. The highest BCUT2D eigenvalue weighted by Gasteiger charge is 2.40. The van der Waals surface area contributed by atoms with Crippen molar-refractivity contribution in [2.45, 2.75) is 32.7 Å². The Bertz CT molecular complexity index is 1110. The molecule has 2 saturated heterocycles. The summed E-state index contributed by atoms with van der Waals surface area (Å²) in [5, 5.41) is 2.37. The minimum absolute atomic E-state index is 0.280. The second-order valence-electron chi connectivity index (χ2n) is 10.3. The van der Waals surface area contributed by atoms with Crippen molar-refractivity contribution >= 4 is 16.7 Å². The lowest BCUT2D eigenvalue weighted by Gasteiger charge is -2.41. The third-order valence-corrected chi connectivity index (χ3v) is 7.58. The number of piperidine rings is 1. The third-order valence-electron chi connectivity index (χ3n) is 7.58. The van der Waals surface area contributed by atoms with E-state index in [0.29, 0.717) is 31.6 Å². The highest BCUT2D eigenvalue weighted by molar-refractivity contribution is 5.83. The second-order valence-corrected chi connectivity index (χ2v) is 10.3. The van der Waals surface area contributed by atoms with E-state index >= 15 is 0 Å². The Hall–Kier alpha value is -2.76. The molecule has 0 spiro atoms. The fourth-order valence-electron chi connectivity index (χ4n) is 5.42. The molecule has 0 aliphatic carbocycles. The van der Waals surface area contributed by atoms with Gasteiger partial charge in [0.1, 0.15) is 0 Å². The summed E-state index contributed by atoms with van der Waals surface area (Å²) < 4.78 is 5.94. The lowest BCUT2D eigenvalue weighted by Crippen LogP contribution is -2.50. The molecule has 2 fully saturated rings. The van der Waals surface area contributed by atoms with Crippen molar-refractivity contribution in [3.63, 3.8) is 0 Å². The van der Waals surface area contributed by atoms with E-state index in [1.54, 1.807) is 0 Å². The lowest BCUT2D eigenvalue weighted by molar-refractivity contribution is -0.144. The summed E-state index contributed by atoms with van der Waals surface area (Å²) in [6.07, 6.45) is 6.50. The Balaban J connectivity index is 1.20. The summed E-state index contributed by atoms with van der Waals surface area (Å²) in [4.78, 5) is 22.5. The number of rotatable bonds is 5. The molecule has 3 aromatic rings. The molecule has 1 atom stereocenters. The fraction of sp³-hybridized carbons (Fsp3) is 0.448. The Morgan fingerprint density at radius 3 is 2.68 bits per heavy atom. The molecular weight excluding hydrogens is 422 g/mol. The molecular formula is C29H35N3O2. The Kier molecular flexibility index (Phi) is 6.93. The molecule has 1 aromatic heterocycles. The number of benzene rings is 2. The first kappa shape index (κ1) is 23.0. The van der Waals surface area contributed by atoms with Gasteiger partial charge in [0.05, 0.1) is 13.2 Å². The first-order chi connectivity index (χ1) is 16.6. The number of carbonyl (C=O) groups is 1. The van der Waals surface area contributed by atoms with Crippen molar-refractivity contribution in [2.75, 3.05) is 39.4 Å². The molecule has 0 radical (unpaired) electrons. The maximum Gasteiger partial charge on any atom is 0.228 e. The van der Waals surface area contributed by atoms with Crippen LogP contribution in [-0.4, -0.2) is 60.1 Å². The van der Waals surface area contributed by atoms with Crippen molar-refractivity contribution < 1.29 is 9.53 Å². The quantitative estimate of drug-likeness (QED) is 0.564. The van der Waals surface area contributed by atoms with Gasteiger partial charge in [-0.15, -0.1) is 0 Å². The van der Waals surface area contributed by atoms with Crippen LogP contribution in [0.3, 0.4) is 0 Å². The van der Waals surface area contributed by atoms with Gasteiger partial charge in [0.25, 0.3) is 0 Å². The molecule has 0 bridgehead atoms. The van der Waals surface area contributed by atoms with E-state index in [0.717, 1.165) is 50.8 Å². The summed E-state index contributed by atoms with van der Waals surface area (Å²) in [6, 6.07) is 19.3.